The molecule has 1 aromatic rings. The van der Waals surface area contributed by atoms with Gasteiger partial charge in [0.05, 0.1) is 0 Å². The number of carbonyl (C=O) groups excluding carboxylic acids is 1. The van der Waals surface area contributed by atoms with Gasteiger partial charge in [-0.1, -0.05) is 25.5 Å². The summed E-state index contributed by atoms with van der Waals surface area (Å²) in [7, 11) is 0. The number of nitrogens with one attached hydrogen (secondary N) is 1. The third-order valence-corrected chi connectivity index (χ3v) is 3.60. The Morgan fingerprint density at radius 3 is 2.25 bits per heavy atom. The number of hydrogen-bond acceptors (Lipinski definition) is 2. The molecule has 1 atom stereocenters. The van der Waals surface area contributed by atoms with Crippen molar-refractivity contribution in [2.75, 3.05) is 18.4 Å². The molecular weight excluding hydrogens is 248 g/mol. The molecule has 0 fully saturated rings. The smallest absolute Gasteiger partial charge is 0.244 e. The van der Waals surface area contributed by atoms with Gasteiger partial charge in [-0.05, 0) is 51.3 Å². The van der Waals surface area contributed by atoms with Gasteiger partial charge in [-0.2, -0.15) is 0 Å². The van der Waals surface area contributed by atoms with E-state index in [4.69, 9.17) is 0 Å². The van der Waals surface area contributed by atoms with Crippen LogP contribution in [0.2, 0.25) is 0 Å². The lowest BCUT2D eigenvalue weighted by Crippen LogP contribution is -2.41. The molecule has 1 aromatic carbocycles. The standard InChI is InChI=1S/C17H28N2O/c1-5-8-9-15-10-12-16(13-11-15)18-14(4)17(20)19(6-2)7-3/h10-14,18H,5-9H2,1-4H3. The van der Waals surface area contributed by atoms with Gasteiger partial charge in [-0.15, -0.1) is 0 Å². The minimum atomic E-state index is -0.184. The molecule has 0 radical (unpaired) electrons. The first-order chi connectivity index (χ1) is 9.62. The fraction of sp³-hybridized carbons (Fsp3) is 0.588. The minimum Gasteiger partial charge on any atom is -0.374 e. The highest BCUT2D eigenvalue weighted by atomic mass is 16.2. The predicted octanol–water partition coefficient (Wildman–Crippen LogP) is 3.70. The quantitative estimate of drug-likeness (QED) is 0.785. The predicted molar refractivity (Wildman–Crippen MR) is 86.1 cm³/mol. The van der Waals surface area contributed by atoms with Crippen molar-refractivity contribution in [1.29, 1.82) is 0 Å². The second kappa shape index (κ2) is 8.62. The molecule has 0 spiro atoms. The maximum absolute atomic E-state index is 12.2. The fourth-order valence-corrected chi connectivity index (χ4v) is 2.27. The van der Waals surface area contributed by atoms with E-state index in [-0.39, 0.29) is 11.9 Å². The number of unbranched alkanes of at least 4 members (excludes halogenated alkanes) is 1. The van der Waals surface area contributed by atoms with Crippen LogP contribution >= 0.6 is 0 Å². The van der Waals surface area contributed by atoms with Crippen molar-refractivity contribution < 1.29 is 4.79 Å². The molecule has 0 aliphatic carbocycles. The van der Waals surface area contributed by atoms with Crippen LogP contribution in [0.3, 0.4) is 0 Å². The van der Waals surface area contributed by atoms with Crippen LogP contribution < -0.4 is 5.32 Å². The van der Waals surface area contributed by atoms with Crippen molar-refractivity contribution in [3.05, 3.63) is 29.8 Å². The lowest BCUT2D eigenvalue weighted by atomic mass is 10.1. The second-order valence-electron chi connectivity index (χ2n) is 5.18. The van der Waals surface area contributed by atoms with Gasteiger partial charge in [-0.25, -0.2) is 0 Å². The summed E-state index contributed by atoms with van der Waals surface area (Å²) in [6, 6.07) is 8.24. The molecule has 0 aliphatic heterocycles. The zero-order valence-corrected chi connectivity index (χ0v) is 13.3. The maximum Gasteiger partial charge on any atom is 0.244 e. The van der Waals surface area contributed by atoms with Crippen LogP contribution in [-0.2, 0) is 11.2 Å². The number of aryl methyl sites for hydroxylation is 1. The molecule has 0 aliphatic rings. The topological polar surface area (TPSA) is 32.3 Å². The van der Waals surface area contributed by atoms with Gasteiger partial charge in [0.15, 0.2) is 0 Å². The highest BCUT2D eigenvalue weighted by Crippen LogP contribution is 2.13. The molecule has 0 aromatic heterocycles. The van der Waals surface area contributed by atoms with Crippen LogP contribution in [0, 0.1) is 0 Å². The van der Waals surface area contributed by atoms with Crippen molar-refractivity contribution in [1.82, 2.24) is 4.90 Å². The molecule has 0 saturated heterocycles. The normalized spacial score (nSPS) is 12.0. The first-order valence-electron chi connectivity index (χ1n) is 7.76. The Kier molecular flexibility index (Phi) is 7.13. The van der Waals surface area contributed by atoms with Crippen LogP contribution in [0.5, 0.6) is 0 Å². The first kappa shape index (κ1) is 16.5. The molecule has 1 rings (SSSR count). The lowest BCUT2D eigenvalue weighted by molar-refractivity contribution is -0.131. The Balaban J connectivity index is 2.57. The average Bonchev–Trinajstić information content (AvgIpc) is 2.47. The number of hydrogen-bond donors (Lipinski definition) is 1. The Morgan fingerprint density at radius 1 is 1.15 bits per heavy atom. The van der Waals surface area contributed by atoms with E-state index in [0.717, 1.165) is 25.2 Å². The average molecular weight is 276 g/mol. The van der Waals surface area contributed by atoms with E-state index in [9.17, 15) is 4.79 Å². The summed E-state index contributed by atoms with van der Waals surface area (Å²) in [6.07, 6.45) is 3.57. The second-order valence-corrected chi connectivity index (χ2v) is 5.18. The van der Waals surface area contributed by atoms with Crippen LogP contribution in [-0.4, -0.2) is 29.9 Å². The number of amides is 1. The van der Waals surface area contributed by atoms with Gasteiger partial charge >= 0.3 is 0 Å². The molecule has 1 amide bonds. The van der Waals surface area contributed by atoms with Gasteiger partial charge in [-0.3, -0.25) is 4.79 Å². The fourth-order valence-electron chi connectivity index (χ4n) is 2.27. The zero-order chi connectivity index (χ0) is 15.0. The third-order valence-electron chi connectivity index (χ3n) is 3.60. The molecular formula is C17H28N2O. The Bertz CT molecular complexity index is 396. The number of rotatable bonds is 8. The highest BCUT2D eigenvalue weighted by molar-refractivity contribution is 5.84. The molecule has 0 saturated carbocycles. The first-order valence-corrected chi connectivity index (χ1v) is 7.76. The Labute approximate surface area is 123 Å². The summed E-state index contributed by atoms with van der Waals surface area (Å²) < 4.78 is 0. The summed E-state index contributed by atoms with van der Waals surface area (Å²) in [6.45, 7) is 9.67. The van der Waals surface area contributed by atoms with Gasteiger partial charge in [0.2, 0.25) is 5.91 Å². The molecule has 1 N–H and O–H groups in total. The zero-order valence-electron chi connectivity index (χ0n) is 13.3. The summed E-state index contributed by atoms with van der Waals surface area (Å²) in [5.41, 5.74) is 2.37. The highest BCUT2D eigenvalue weighted by Gasteiger charge is 2.17. The summed E-state index contributed by atoms with van der Waals surface area (Å²) in [4.78, 5) is 14.0. The molecule has 3 heteroatoms. The van der Waals surface area contributed by atoms with Crippen molar-refractivity contribution in [2.24, 2.45) is 0 Å². The molecule has 3 nitrogen and oxygen atoms in total. The maximum atomic E-state index is 12.2. The molecule has 112 valence electrons. The number of anilines is 1. The van der Waals surface area contributed by atoms with Crippen molar-refractivity contribution in [2.45, 2.75) is 53.0 Å². The summed E-state index contributed by atoms with van der Waals surface area (Å²) >= 11 is 0. The van der Waals surface area contributed by atoms with E-state index in [1.54, 1.807) is 0 Å². The Hall–Kier alpha value is -1.51. The SMILES string of the molecule is CCCCc1ccc(NC(C)C(=O)N(CC)CC)cc1. The lowest BCUT2D eigenvalue weighted by Gasteiger charge is -2.24. The van der Waals surface area contributed by atoms with Gasteiger partial charge in [0.1, 0.15) is 6.04 Å². The van der Waals surface area contributed by atoms with Gasteiger partial charge < -0.3 is 10.2 Å². The number of carbonyl (C=O) groups is 1. The van der Waals surface area contributed by atoms with E-state index < -0.39 is 0 Å². The molecule has 1 unspecified atom stereocenters. The number of benzene rings is 1. The van der Waals surface area contributed by atoms with Crippen LogP contribution in [0.15, 0.2) is 24.3 Å². The van der Waals surface area contributed by atoms with E-state index in [0.29, 0.717) is 0 Å². The third kappa shape index (κ3) is 4.87. The number of nitrogens with zero attached hydrogens (tertiary/aromatic N) is 1. The molecule has 0 heterocycles. The molecule has 20 heavy (non-hydrogen) atoms. The van der Waals surface area contributed by atoms with Crippen LogP contribution in [0.4, 0.5) is 5.69 Å². The van der Waals surface area contributed by atoms with E-state index >= 15 is 0 Å². The van der Waals surface area contributed by atoms with Crippen molar-refractivity contribution >= 4 is 11.6 Å². The van der Waals surface area contributed by atoms with Crippen molar-refractivity contribution in [3.63, 3.8) is 0 Å². The summed E-state index contributed by atoms with van der Waals surface area (Å²) in [5, 5.41) is 3.28. The van der Waals surface area contributed by atoms with E-state index in [1.165, 1.54) is 18.4 Å². The van der Waals surface area contributed by atoms with E-state index in [1.807, 2.05) is 25.7 Å². The largest absolute Gasteiger partial charge is 0.374 e. The monoisotopic (exact) mass is 276 g/mol. The molecule has 0 bridgehead atoms. The minimum absolute atomic E-state index is 0.157. The van der Waals surface area contributed by atoms with E-state index in [2.05, 4.69) is 36.5 Å². The van der Waals surface area contributed by atoms with Gasteiger partial charge in [0, 0.05) is 18.8 Å². The van der Waals surface area contributed by atoms with Crippen LogP contribution in [0.25, 0.3) is 0 Å². The van der Waals surface area contributed by atoms with Crippen LogP contribution in [0.1, 0.15) is 46.1 Å². The van der Waals surface area contributed by atoms with Crippen molar-refractivity contribution in [3.8, 4) is 0 Å². The van der Waals surface area contributed by atoms with Gasteiger partial charge in [0.25, 0.3) is 0 Å². The number of likely N-dealkylation sites (N-methyl/N-ethyl adjacent to an activating group) is 1. The summed E-state index contributed by atoms with van der Waals surface area (Å²) in [5.74, 6) is 0.157. The Morgan fingerprint density at radius 2 is 1.75 bits per heavy atom.